The lowest BCUT2D eigenvalue weighted by molar-refractivity contribution is -0.120. The third-order valence-corrected chi connectivity index (χ3v) is 12.9. The normalized spacial score (nSPS) is 21.3. The van der Waals surface area contributed by atoms with Crippen LogP contribution < -0.4 is 41.3 Å². The summed E-state index contributed by atoms with van der Waals surface area (Å²) in [6, 6.07) is 17.6. The molecule has 1 aromatic heterocycles. The number of hydrogen-bond acceptors (Lipinski definition) is 10. The second-order valence-electron chi connectivity index (χ2n) is 17.1. The smallest absolute Gasteiger partial charge is 0.253 e. The molecule has 4 aromatic rings. The van der Waals surface area contributed by atoms with Crippen molar-refractivity contribution in [2.24, 2.45) is 10.7 Å². The Hall–Kier alpha value is -5.76. The largest absolute Gasteiger partial charge is 0.371 e. The van der Waals surface area contributed by atoms with E-state index < -0.39 is 17.2 Å². The Morgan fingerprint density at radius 2 is 1.51 bits per heavy atom. The molecule has 12 nitrogen and oxygen atoms in total. The van der Waals surface area contributed by atoms with Crippen molar-refractivity contribution in [3.63, 3.8) is 0 Å². The first-order chi connectivity index (χ1) is 29.8. The predicted octanol–water partition coefficient (Wildman–Crippen LogP) is 7.47. The Morgan fingerprint density at radius 3 is 2.30 bits per heavy atom. The number of benzene rings is 3. The van der Waals surface area contributed by atoms with Gasteiger partial charge in [-0.15, -0.1) is 0 Å². The van der Waals surface area contributed by atoms with Gasteiger partial charge in [-0.1, -0.05) is 0 Å². The van der Waals surface area contributed by atoms with E-state index in [4.69, 9.17) is 10.7 Å². The first-order valence-corrected chi connectivity index (χ1v) is 22.1. The van der Waals surface area contributed by atoms with Crippen LogP contribution in [-0.2, 0) is 4.79 Å². The minimum atomic E-state index is -0.886. The summed E-state index contributed by atoms with van der Waals surface area (Å²) in [7, 11) is 0. The maximum absolute atomic E-state index is 16.5. The Balaban J connectivity index is 0.957. The van der Waals surface area contributed by atoms with Crippen molar-refractivity contribution in [1.29, 1.82) is 0 Å². The predicted molar refractivity (Wildman–Crippen MR) is 241 cm³/mol. The van der Waals surface area contributed by atoms with Gasteiger partial charge in [-0.05, 0) is 119 Å². The molecule has 5 N–H and O–H groups in total. The van der Waals surface area contributed by atoms with Crippen LogP contribution in [-0.4, -0.2) is 93.5 Å². The molecule has 2 amide bonds. The van der Waals surface area contributed by atoms with E-state index in [0.29, 0.717) is 91.6 Å². The molecule has 5 aliphatic rings. The first kappa shape index (κ1) is 40.6. The van der Waals surface area contributed by atoms with Gasteiger partial charge in [0, 0.05) is 92.3 Å². The van der Waals surface area contributed by atoms with Gasteiger partial charge in [0.15, 0.2) is 0 Å². The van der Waals surface area contributed by atoms with Gasteiger partial charge in [-0.25, -0.2) is 13.8 Å². The minimum Gasteiger partial charge on any atom is -0.371 e. The van der Waals surface area contributed by atoms with Gasteiger partial charge in [0.05, 0.1) is 41.9 Å². The van der Waals surface area contributed by atoms with Gasteiger partial charge in [0.1, 0.15) is 23.0 Å². The number of hydrogen-bond donors (Lipinski definition) is 4. The quantitative estimate of drug-likeness (QED) is 0.136. The van der Waals surface area contributed by atoms with Gasteiger partial charge >= 0.3 is 0 Å². The Labute approximate surface area is 356 Å². The van der Waals surface area contributed by atoms with Crippen LogP contribution in [0.15, 0.2) is 71.9 Å². The van der Waals surface area contributed by atoms with Crippen LogP contribution >= 0.6 is 0 Å². The number of rotatable bonds is 9. The molecule has 1 atom stereocenters. The van der Waals surface area contributed by atoms with Crippen molar-refractivity contribution in [3.8, 4) is 11.1 Å². The number of piperidine rings is 4. The van der Waals surface area contributed by atoms with Crippen molar-refractivity contribution < 1.29 is 18.4 Å². The second-order valence-corrected chi connectivity index (χ2v) is 17.1. The Kier molecular flexibility index (Phi) is 11.8. The highest BCUT2D eigenvalue weighted by atomic mass is 19.1. The van der Waals surface area contributed by atoms with E-state index in [1.54, 1.807) is 18.3 Å². The summed E-state index contributed by atoms with van der Waals surface area (Å²) >= 11 is 0. The lowest BCUT2D eigenvalue weighted by Crippen LogP contribution is -2.61. The zero-order chi connectivity index (χ0) is 41.9. The molecule has 1 spiro atoms. The number of halogens is 2. The molecule has 9 rings (SSSR count). The lowest BCUT2D eigenvalue weighted by Gasteiger charge is -2.46. The van der Waals surface area contributed by atoms with Crippen LogP contribution in [0.5, 0.6) is 0 Å². The summed E-state index contributed by atoms with van der Waals surface area (Å²) < 4.78 is 31.6. The van der Waals surface area contributed by atoms with Crippen molar-refractivity contribution in [3.05, 3.63) is 84.1 Å². The third-order valence-electron chi connectivity index (χ3n) is 12.9. The first-order valence-electron chi connectivity index (χ1n) is 22.1. The highest BCUT2D eigenvalue weighted by molar-refractivity contribution is 6.07. The average molecular weight is 831 g/mol. The fourth-order valence-electron chi connectivity index (χ4n) is 9.73. The van der Waals surface area contributed by atoms with E-state index in [-0.39, 0.29) is 11.8 Å². The molecule has 4 saturated heterocycles. The maximum Gasteiger partial charge on any atom is 0.253 e. The molecule has 4 fully saturated rings. The van der Waals surface area contributed by atoms with Crippen LogP contribution in [0.1, 0.15) is 74.6 Å². The van der Waals surface area contributed by atoms with Crippen LogP contribution in [0.25, 0.3) is 11.1 Å². The van der Waals surface area contributed by atoms with Gasteiger partial charge in [0.25, 0.3) is 11.8 Å². The van der Waals surface area contributed by atoms with Crippen molar-refractivity contribution in [2.45, 2.75) is 69.7 Å². The Bertz CT molecular complexity index is 2310. The highest BCUT2D eigenvalue weighted by Crippen LogP contribution is 2.41. The number of amides is 2. The lowest BCUT2D eigenvalue weighted by atomic mass is 9.85. The SMILES string of the molecule is NCCNC(=O)c1ccc(N2CCCCC2)cc1N=C1CCCN(c2cc(F)ccc2-c2ccc(N3CCCC4(C3)Nc3cc(N5CCCCC5)ncc3NC4=O)cc2F)C1. The number of nitrogens with one attached hydrogen (secondary N) is 3. The number of aliphatic imine (C=N–C) groups is 1. The molecule has 1 unspecified atom stereocenters. The van der Waals surface area contributed by atoms with Gasteiger partial charge < -0.3 is 41.3 Å². The molecule has 0 bridgehead atoms. The van der Waals surface area contributed by atoms with Crippen LogP contribution in [0.3, 0.4) is 0 Å². The van der Waals surface area contributed by atoms with E-state index in [2.05, 4.69) is 40.5 Å². The van der Waals surface area contributed by atoms with Crippen molar-refractivity contribution >= 4 is 57.5 Å². The van der Waals surface area contributed by atoms with Crippen molar-refractivity contribution in [2.75, 3.05) is 95.7 Å². The molecular formula is C47H56F2N10O2. The molecule has 3 aromatic carbocycles. The molecule has 0 saturated carbocycles. The number of carbonyl (C=O) groups excluding carboxylic acids is 2. The zero-order valence-electron chi connectivity index (χ0n) is 34.8. The number of pyridine rings is 1. The van der Waals surface area contributed by atoms with E-state index in [1.165, 1.54) is 31.0 Å². The summed E-state index contributed by atoms with van der Waals surface area (Å²) in [5.74, 6) is -0.273. The second kappa shape index (κ2) is 17.7. The van der Waals surface area contributed by atoms with Gasteiger partial charge in [0.2, 0.25) is 0 Å². The molecule has 6 heterocycles. The monoisotopic (exact) mass is 830 g/mol. The molecule has 5 aliphatic heterocycles. The molecule has 61 heavy (non-hydrogen) atoms. The maximum atomic E-state index is 16.5. The minimum absolute atomic E-state index is 0.115. The van der Waals surface area contributed by atoms with Crippen LogP contribution in [0.2, 0.25) is 0 Å². The van der Waals surface area contributed by atoms with E-state index in [9.17, 15) is 9.59 Å². The summed E-state index contributed by atoms with van der Waals surface area (Å²) in [4.78, 5) is 45.5. The fraction of sp³-hybridized carbons (Fsp3) is 0.447. The van der Waals surface area contributed by atoms with E-state index in [1.807, 2.05) is 30.3 Å². The summed E-state index contributed by atoms with van der Waals surface area (Å²) in [6.45, 7) is 6.63. The van der Waals surface area contributed by atoms with Gasteiger partial charge in [-0.2, -0.15) is 0 Å². The molecular weight excluding hydrogens is 775 g/mol. The number of anilines is 6. The summed E-state index contributed by atoms with van der Waals surface area (Å²) in [6.07, 6.45) is 11.6. The fourth-order valence-corrected chi connectivity index (χ4v) is 9.73. The number of aromatic nitrogens is 1. The zero-order valence-corrected chi connectivity index (χ0v) is 34.8. The average Bonchev–Trinajstić information content (AvgIpc) is 3.29. The molecule has 320 valence electrons. The highest BCUT2D eigenvalue weighted by Gasteiger charge is 2.46. The number of fused-ring (bicyclic) bond motifs is 1. The molecule has 14 heteroatoms. The van der Waals surface area contributed by atoms with E-state index >= 15 is 8.78 Å². The summed E-state index contributed by atoms with van der Waals surface area (Å²) in [5.41, 5.74) is 11.5. The van der Waals surface area contributed by atoms with Crippen molar-refractivity contribution in [1.82, 2.24) is 10.3 Å². The number of nitrogens with two attached hydrogens (primary N) is 1. The molecule has 0 aliphatic carbocycles. The topological polar surface area (TPSA) is 134 Å². The molecule has 0 radical (unpaired) electrons. The van der Waals surface area contributed by atoms with Crippen LogP contribution in [0, 0.1) is 11.6 Å². The van der Waals surface area contributed by atoms with Gasteiger partial charge in [-0.3, -0.25) is 14.6 Å². The Morgan fingerprint density at radius 1 is 0.787 bits per heavy atom. The van der Waals surface area contributed by atoms with Crippen LogP contribution in [0.4, 0.5) is 48.7 Å². The standard InChI is InChI=1S/C47H56F2N10O2/c48-32-10-13-37(43(25-32)58-23-7-9-33(30-58)53-40-27-35(56-19-3-1-4-20-56)12-15-38(40)45(60)51-18-17-50)36-14-11-34(26-39(36)49)59-24-8-16-47(31-59)46(61)54-42-29-52-44(28-41(42)55-47)57-21-5-2-6-22-57/h10-15,25-29,55H,1-9,16-24,30-31,50H2,(H,51,60)(H,54,61). The third kappa shape index (κ3) is 8.59. The number of carbonyl (C=O) groups is 2. The van der Waals surface area contributed by atoms with E-state index in [0.717, 1.165) is 87.6 Å². The number of nitrogens with zero attached hydrogens (tertiary/aromatic N) is 6. The summed E-state index contributed by atoms with van der Waals surface area (Å²) in [5, 5.41) is 9.60.